The lowest BCUT2D eigenvalue weighted by molar-refractivity contribution is 0.375. The first-order valence-electron chi connectivity index (χ1n) is 8.16. The van der Waals surface area contributed by atoms with Crippen molar-refractivity contribution in [2.75, 3.05) is 12.0 Å². The van der Waals surface area contributed by atoms with E-state index in [1.54, 1.807) is 11.8 Å². The minimum atomic E-state index is 0.474. The van der Waals surface area contributed by atoms with Gasteiger partial charge in [0.2, 0.25) is 0 Å². The predicted octanol–water partition coefficient (Wildman–Crippen LogP) is 8.30. The molecule has 0 saturated heterocycles. The Kier molecular flexibility index (Phi) is 16.5. The maximum Gasteiger partial charge on any atom is 0.103 e. The molecule has 136 valence electrons. The largest absolute Gasteiger partial charge is 0.111 e. The topological polar surface area (TPSA) is 0 Å². The zero-order valence-corrected chi connectivity index (χ0v) is 19.8. The van der Waals surface area contributed by atoms with Crippen LogP contribution in [0.1, 0.15) is 89.0 Å². The summed E-state index contributed by atoms with van der Waals surface area (Å²) < 4.78 is 1.07. The van der Waals surface area contributed by atoms with E-state index in [9.17, 15) is 0 Å². The van der Waals surface area contributed by atoms with Gasteiger partial charge in [0.15, 0.2) is 0 Å². The first kappa shape index (κ1) is 27.6. The minimum Gasteiger partial charge on any atom is -0.111 e. The molecule has 0 amide bonds. The molecule has 0 aromatic carbocycles. The Labute approximate surface area is 156 Å². The molecule has 0 N–H and O–H groups in total. The van der Waals surface area contributed by atoms with E-state index in [0.717, 1.165) is 3.53 Å². The van der Waals surface area contributed by atoms with Crippen molar-refractivity contribution < 1.29 is 0 Å². The Morgan fingerprint density at radius 3 is 1.32 bits per heavy atom. The van der Waals surface area contributed by atoms with Gasteiger partial charge in [-0.15, -0.1) is 23.5 Å². The molecule has 0 aliphatic carbocycles. The number of hydrogen-bond donors (Lipinski definition) is 0. The van der Waals surface area contributed by atoms with E-state index < -0.39 is 0 Å². The SMILES string of the molecule is CC(C)(C)C.CC(C)(C)C.CSC(=S)SCCCC(C)(C)C. The number of rotatable bonds is 3. The van der Waals surface area contributed by atoms with E-state index in [4.69, 9.17) is 12.2 Å². The van der Waals surface area contributed by atoms with Crippen molar-refractivity contribution in [1.82, 2.24) is 0 Å². The zero-order valence-electron chi connectivity index (χ0n) is 17.3. The van der Waals surface area contributed by atoms with Gasteiger partial charge in [-0.1, -0.05) is 88.4 Å². The van der Waals surface area contributed by atoms with Crippen LogP contribution in [-0.2, 0) is 0 Å². The molecule has 0 aliphatic heterocycles. The molecule has 0 aromatic heterocycles. The van der Waals surface area contributed by atoms with Crippen LogP contribution in [0.25, 0.3) is 0 Å². The van der Waals surface area contributed by atoms with Gasteiger partial charge in [0.05, 0.1) is 0 Å². The van der Waals surface area contributed by atoms with Crippen molar-refractivity contribution in [3.63, 3.8) is 0 Å². The van der Waals surface area contributed by atoms with Crippen LogP contribution in [0.3, 0.4) is 0 Å². The van der Waals surface area contributed by atoms with Gasteiger partial charge in [0, 0.05) is 0 Å². The summed E-state index contributed by atoms with van der Waals surface area (Å²) in [4.78, 5) is 0. The Morgan fingerprint density at radius 1 is 0.773 bits per heavy atom. The maximum atomic E-state index is 5.09. The first-order valence-corrected chi connectivity index (χ1v) is 10.8. The predicted molar refractivity (Wildman–Crippen MR) is 118 cm³/mol. The van der Waals surface area contributed by atoms with Crippen LogP contribution >= 0.6 is 35.7 Å². The van der Waals surface area contributed by atoms with Crippen LogP contribution in [0.2, 0.25) is 0 Å². The maximum absolute atomic E-state index is 5.09. The molecule has 0 fully saturated rings. The third-order valence-corrected chi connectivity index (χ3v) is 4.23. The molecule has 0 rings (SSSR count). The summed E-state index contributed by atoms with van der Waals surface area (Å²) in [5, 5.41) is 0. The van der Waals surface area contributed by atoms with Gasteiger partial charge in [-0.3, -0.25) is 0 Å². The van der Waals surface area contributed by atoms with E-state index in [-0.39, 0.29) is 0 Å². The average Bonchev–Trinajstić information content (AvgIpc) is 2.17. The Morgan fingerprint density at radius 2 is 1.09 bits per heavy atom. The summed E-state index contributed by atoms with van der Waals surface area (Å²) in [6.45, 7) is 24.3. The van der Waals surface area contributed by atoms with Crippen LogP contribution in [0.5, 0.6) is 0 Å². The molecule has 0 atom stereocenters. The van der Waals surface area contributed by atoms with Crippen molar-refractivity contribution in [1.29, 1.82) is 0 Å². The Bertz CT molecular complexity index is 238. The smallest absolute Gasteiger partial charge is 0.103 e. The fraction of sp³-hybridized carbons (Fsp3) is 0.947. The van der Waals surface area contributed by atoms with Gasteiger partial charge in [-0.2, -0.15) is 0 Å². The lowest BCUT2D eigenvalue weighted by Gasteiger charge is -2.17. The highest BCUT2D eigenvalue weighted by Gasteiger charge is 2.09. The first-order chi connectivity index (χ1) is 9.45. The van der Waals surface area contributed by atoms with E-state index >= 15 is 0 Å². The molecule has 0 radical (unpaired) electrons. The second-order valence-corrected chi connectivity index (χ2v) is 13.1. The minimum absolute atomic E-state index is 0.474. The van der Waals surface area contributed by atoms with Crippen LogP contribution < -0.4 is 0 Å². The van der Waals surface area contributed by atoms with Gasteiger partial charge in [-0.05, 0) is 41.1 Å². The number of hydrogen-bond acceptors (Lipinski definition) is 3. The molecule has 0 heterocycles. The van der Waals surface area contributed by atoms with Gasteiger partial charge < -0.3 is 0 Å². The van der Waals surface area contributed by atoms with E-state index in [1.165, 1.54) is 18.6 Å². The van der Waals surface area contributed by atoms with Crippen molar-refractivity contribution in [3.8, 4) is 0 Å². The highest BCUT2D eigenvalue weighted by Crippen LogP contribution is 2.23. The second-order valence-electron chi connectivity index (χ2n) is 9.97. The number of thioether (sulfide) groups is 2. The fourth-order valence-electron chi connectivity index (χ4n) is 0.817. The normalized spacial score (nSPS) is 11.8. The quantitative estimate of drug-likeness (QED) is 0.364. The highest BCUT2D eigenvalue weighted by molar-refractivity contribution is 8.46. The van der Waals surface area contributed by atoms with Gasteiger partial charge in [-0.25, -0.2) is 0 Å². The van der Waals surface area contributed by atoms with Crippen molar-refractivity contribution >= 4 is 39.3 Å². The van der Waals surface area contributed by atoms with Crippen LogP contribution in [-0.4, -0.2) is 15.5 Å². The van der Waals surface area contributed by atoms with E-state index in [2.05, 4.69) is 76.2 Å². The van der Waals surface area contributed by atoms with Crippen LogP contribution in [0.15, 0.2) is 0 Å². The molecule has 0 bridgehead atoms. The van der Waals surface area contributed by atoms with Crippen LogP contribution in [0, 0.1) is 16.2 Å². The van der Waals surface area contributed by atoms with Gasteiger partial charge in [0.25, 0.3) is 0 Å². The molecule has 0 saturated carbocycles. The summed E-state index contributed by atoms with van der Waals surface area (Å²) in [6.07, 6.45) is 4.60. The fourth-order valence-corrected chi connectivity index (χ4v) is 2.24. The van der Waals surface area contributed by atoms with E-state index in [1.807, 2.05) is 18.0 Å². The van der Waals surface area contributed by atoms with Crippen molar-refractivity contribution in [2.45, 2.75) is 89.0 Å². The number of thiocarbonyl (C=S) groups is 1. The summed E-state index contributed by atoms with van der Waals surface area (Å²) >= 11 is 8.58. The molecule has 0 nitrogen and oxygen atoms in total. The standard InChI is InChI=1S/C9H18S3.2C5H12/c1-9(2,3)6-5-7-12-8(10)11-4;2*1-5(2,3)4/h5-7H2,1-4H3;2*1-4H3. The van der Waals surface area contributed by atoms with Crippen molar-refractivity contribution in [3.05, 3.63) is 0 Å². The Balaban J connectivity index is -0.000000298. The molecule has 0 unspecified atom stereocenters. The third-order valence-electron chi connectivity index (χ3n) is 1.46. The van der Waals surface area contributed by atoms with E-state index in [0.29, 0.717) is 16.2 Å². The Hall–Kier alpha value is 0.790. The van der Waals surface area contributed by atoms with Crippen LogP contribution in [0.4, 0.5) is 0 Å². The average molecular weight is 367 g/mol. The molecule has 22 heavy (non-hydrogen) atoms. The lowest BCUT2D eigenvalue weighted by atomic mass is 9.91. The molecule has 3 heteroatoms. The molecule has 0 aliphatic rings. The summed E-state index contributed by atoms with van der Waals surface area (Å²) in [5.41, 5.74) is 1.47. The van der Waals surface area contributed by atoms with Gasteiger partial charge >= 0.3 is 0 Å². The van der Waals surface area contributed by atoms with Gasteiger partial charge in [0.1, 0.15) is 3.53 Å². The van der Waals surface area contributed by atoms with Crippen molar-refractivity contribution in [2.24, 2.45) is 16.2 Å². The molecular formula is C19H42S3. The molecular weight excluding hydrogens is 324 g/mol. The summed E-state index contributed by atoms with van der Waals surface area (Å²) in [5.74, 6) is 1.18. The molecule has 0 aromatic rings. The lowest BCUT2D eigenvalue weighted by Crippen LogP contribution is -2.04. The third kappa shape index (κ3) is 69.9. The molecule has 0 spiro atoms. The monoisotopic (exact) mass is 366 g/mol. The second kappa shape index (κ2) is 13.1. The zero-order chi connectivity index (χ0) is 18.6. The summed E-state index contributed by atoms with van der Waals surface area (Å²) in [7, 11) is 0. The highest BCUT2D eigenvalue weighted by atomic mass is 32.2. The summed E-state index contributed by atoms with van der Waals surface area (Å²) in [6, 6.07) is 0.